The highest BCUT2D eigenvalue weighted by atomic mass is 32.1. The highest BCUT2D eigenvalue weighted by Crippen LogP contribution is 2.32. The van der Waals surface area contributed by atoms with Crippen LogP contribution in [0.4, 0.5) is 0 Å². The van der Waals surface area contributed by atoms with Crippen molar-refractivity contribution in [3.63, 3.8) is 0 Å². The van der Waals surface area contributed by atoms with Gasteiger partial charge in [-0.2, -0.15) is 0 Å². The maximum absolute atomic E-state index is 10.9. The van der Waals surface area contributed by atoms with Crippen LogP contribution < -0.4 is 10.1 Å². The molecule has 1 atom stereocenters. The minimum atomic E-state index is -0.777. The molecule has 0 radical (unpaired) electrons. The Bertz CT molecular complexity index is 1410. The molecule has 0 fully saturated rings. The fraction of sp³-hybridized carbons (Fsp3) is 0.241. The minimum absolute atomic E-state index is 0.0921. The second-order valence-corrected chi connectivity index (χ2v) is 9.30. The minimum Gasteiger partial charge on any atom is -0.493 e. The molecule has 6 nitrogen and oxygen atoms in total. The summed E-state index contributed by atoms with van der Waals surface area (Å²) in [5.41, 5.74) is 6.28. The number of hydrogen-bond acceptors (Lipinski definition) is 5. The zero-order chi connectivity index (χ0) is 24.9. The summed E-state index contributed by atoms with van der Waals surface area (Å²) in [6, 6.07) is 24.1. The summed E-state index contributed by atoms with van der Waals surface area (Å²) in [5, 5.41) is 12.5. The molecule has 1 unspecified atom stereocenters. The summed E-state index contributed by atoms with van der Waals surface area (Å²) in [7, 11) is 0. The number of ether oxygens (including phenoxy) is 1. The second-order valence-electron chi connectivity index (χ2n) is 8.89. The van der Waals surface area contributed by atoms with Crippen LogP contribution in [0.5, 0.6) is 5.75 Å². The molecule has 5 rings (SSSR count). The number of unbranched alkanes of at least 4 members (excludes halogenated alkanes) is 1. The van der Waals surface area contributed by atoms with Crippen molar-refractivity contribution in [2.24, 2.45) is 0 Å². The Morgan fingerprint density at radius 1 is 1.00 bits per heavy atom. The van der Waals surface area contributed by atoms with Crippen LogP contribution in [-0.4, -0.2) is 32.6 Å². The Balaban J connectivity index is 1.42. The summed E-state index contributed by atoms with van der Waals surface area (Å²) in [4.78, 5) is 21.5. The Labute approximate surface area is 215 Å². The van der Waals surface area contributed by atoms with Crippen molar-refractivity contribution in [2.45, 2.75) is 38.1 Å². The molecule has 2 heterocycles. The fourth-order valence-corrected chi connectivity index (χ4v) is 4.81. The number of nitrogens with zero attached hydrogens (tertiary/aromatic N) is 2. The largest absolute Gasteiger partial charge is 0.493 e. The summed E-state index contributed by atoms with van der Waals surface area (Å²) in [6.07, 6.45) is 2.98. The standard InChI is InChI=1S/C29H27N3O3S/c33-27(34)13-7-5-11-24-28(19-8-2-1-3-9-19)31-23-15-14-20(18-25(23)30-24)29(36)32-22-16-17-35-26-12-6-4-10-21(22)26/h1-4,6,8-10,12,14-15,18,22H,5,7,11,13,16-17H2,(H,32,36)(H,33,34). The zero-order valence-corrected chi connectivity index (χ0v) is 20.6. The summed E-state index contributed by atoms with van der Waals surface area (Å²) < 4.78 is 5.78. The lowest BCUT2D eigenvalue weighted by Gasteiger charge is -2.27. The van der Waals surface area contributed by atoms with Gasteiger partial charge in [0.05, 0.1) is 35.1 Å². The molecule has 0 saturated carbocycles. The van der Waals surface area contributed by atoms with Gasteiger partial charge in [-0.25, -0.2) is 9.97 Å². The van der Waals surface area contributed by atoms with Gasteiger partial charge >= 0.3 is 5.97 Å². The van der Waals surface area contributed by atoms with Crippen molar-refractivity contribution in [1.82, 2.24) is 15.3 Å². The highest BCUT2D eigenvalue weighted by Gasteiger charge is 2.22. The van der Waals surface area contributed by atoms with Gasteiger partial charge in [0.25, 0.3) is 0 Å². The molecular formula is C29H27N3O3S. The number of hydrogen-bond donors (Lipinski definition) is 2. The Hall–Kier alpha value is -3.84. The normalized spacial score (nSPS) is 14.6. The van der Waals surface area contributed by atoms with Gasteiger partial charge in [-0.3, -0.25) is 4.79 Å². The monoisotopic (exact) mass is 497 g/mol. The van der Waals surface area contributed by atoms with Crippen LogP contribution in [0.15, 0.2) is 72.8 Å². The lowest BCUT2D eigenvalue weighted by molar-refractivity contribution is -0.137. The number of aromatic nitrogens is 2. The first-order valence-electron chi connectivity index (χ1n) is 12.2. The molecule has 4 aromatic rings. The number of carboxylic acid groups (broad SMARTS) is 1. The van der Waals surface area contributed by atoms with E-state index < -0.39 is 5.97 Å². The molecular weight excluding hydrogens is 470 g/mol. The van der Waals surface area contributed by atoms with Gasteiger partial charge in [0, 0.05) is 29.5 Å². The van der Waals surface area contributed by atoms with Crippen LogP contribution in [0.25, 0.3) is 22.3 Å². The number of fused-ring (bicyclic) bond motifs is 2. The highest BCUT2D eigenvalue weighted by molar-refractivity contribution is 7.80. The van der Waals surface area contributed by atoms with E-state index in [2.05, 4.69) is 11.4 Å². The molecule has 0 bridgehead atoms. The lowest BCUT2D eigenvalue weighted by atomic mass is 10.00. The van der Waals surface area contributed by atoms with Crippen molar-refractivity contribution >= 4 is 34.2 Å². The number of aryl methyl sites for hydroxylation is 1. The van der Waals surface area contributed by atoms with Crippen molar-refractivity contribution in [1.29, 1.82) is 0 Å². The van der Waals surface area contributed by atoms with Gasteiger partial charge in [-0.05, 0) is 43.5 Å². The van der Waals surface area contributed by atoms with Crippen molar-refractivity contribution in [2.75, 3.05) is 6.61 Å². The van der Waals surface area contributed by atoms with E-state index in [1.165, 1.54) is 0 Å². The number of carbonyl (C=O) groups is 1. The van der Waals surface area contributed by atoms with Crippen LogP contribution in [0.3, 0.4) is 0 Å². The van der Waals surface area contributed by atoms with Gasteiger partial charge in [0.1, 0.15) is 10.7 Å². The molecule has 182 valence electrons. The topological polar surface area (TPSA) is 84.3 Å². The van der Waals surface area contributed by atoms with E-state index in [4.69, 9.17) is 32.0 Å². The molecule has 7 heteroatoms. The van der Waals surface area contributed by atoms with Crippen LogP contribution in [0, 0.1) is 0 Å². The van der Waals surface area contributed by atoms with E-state index in [9.17, 15) is 4.79 Å². The van der Waals surface area contributed by atoms with Gasteiger partial charge in [-0.1, -0.05) is 60.7 Å². The summed E-state index contributed by atoms with van der Waals surface area (Å²) in [5.74, 6) is 0.120. The van der Waals surface area contributed by atoms with Crippen LogP contribution in [-0.2, 0) is 11.2 Å². The van der Waals surface area contributed by atoms with Crippen LogP contribution in [0.2, 0.25) is 0 Å². The molecule has 0 amide bonds. The number of para-hydroxylation sites is 1. The number of benzene rings is 3. The maximum Gasteiger partial charge on any atom is 0.303 e. The maximum atomic E-state index is 10.9. The quantitative estimate of drug-likeness (QED) is 0.232. The predicted octanol–water partition coefficient (Wildman–Crippen LogP) is 5.88. The second kappa shape index (κ2) is 10.8. The third-order valence-electron chi connectivity index (χ3n) is 6.36. The average Bonchev–Trinajstić information content (AvgIpc) is 2.91. The number of carboxylic acids is 1. The Morgan fingerprint density at radius 3 is 2.64 bits per heavy atom. The Kier molecular flexibility index (Phi) is 7.18. The molecule has 3 aromatic carbocycles. The number of rotatable bonds is 8. The smallest absolute Gasteiger partial charge is 0.303 e. The molecule has 0 spiro atoms. The first-order chi connectivity index (χ1) is 17.6. The van der Waals surface area contributed by atoms with E-state index in [1.807, 2.05) is 66.7 Å². The van der Waals surface area contributed by atoms with Crippen LogP contribution in [0.1, 0.15) is 48.5 Å². The molecule has 1 aliphatic heterocycles. The van der Waals surface area contributed by atoms with Gasteiger partial charge < -0.3 is 15.2 Å². The number of aliphatic carboxylic acids is 1. The van der Waals surface area contributed by atoms with E-state index in [1.54, 1.807) is 0 Å². The van der Waals surface area contributed by atoms with Gasteiger partial charge in [0.15, 0.2) is 0 Å². The zero-order valence-electron chi connectivity index (χ0n) is 19.8. The van der Waals surface area contributed by atoms with Crippen molar-refractivity contribution in [3.8, 4) is 17.0 Å². The lowest BCUT2D eigenvalue weighted by Crippen LogP contribution is -2.31. The third kappa shape index (κ3) is 5.36. The van der Waals surface area contributed by atoms with E-state index in [0.717, 1.165) is 57.7 Å². The van der Waals surface area contributed by atoms with Crippen molar-refractivity contribution in [3.05, 3.63) is 89.6 Å². The predicted molar refractivity (Wildman–Crippen MR) is 144 cm³/mol. The number of thiocarbonyl (C=S) groups is 1. The number of nitrogens with one attached hydrogen (secondary N) is 1. The van der Waals surface area contributed by atoms with Crippen molar-refractivity contribution < 1.29 is 14.6 Å². The van der Waals surface area contributed by atoms with Crippen LogP contribution >= 0.6 is 12.2 Å². The third-order valence-corrected chi connectivity index (χ3v) is 6.72. The molecule has 0 aliphatic carbocycles. The first-order valence-corrected chi connectivity index (χ1v) is 12.6. The fourth-order valence-electron chi connectivity index (χ4n) is 4.54. The first kappa shape index (κ1) is 23.9. The molecule has 0 saturated heterocycles. The van der Waals surface area contributed by atoms with Gasteiger partial charge in [0.2, 0.25) is 0 Å². The average molecular weight is 498 g/mol. The SMILES string of the molecule is O=C(O)CCCCc1nc2cc(C(=S)NC3CCOc4ccccc43)ccc2nc1-c1ccccc1. The van der Waals surface area contributed by atoms with E-state index in [-0.39, 0.29) is 12.5 Å². The Morgan fingerprint density at radius 2 is 1.81 bits per heavy atom. The summed E-state index contributed by atoms with van der Waals surface area (Å²) >= 11 is 5.78. The van der Waals surface area contributed by atoms with E-state index >= 15 is 0 Å². The summed E-state index contributed by atoms with van der Waals surface area (Å²) in [6.45, 7) is 0.647. The molecule has 36 heavy (non-hydrogen) atoms. The van der Waals surface area contributed by atoms with Gasteiger partial charge in [-0.15, -0.1) is 0 Å². The molecule has 1 aromatic heterocycles. The van der Waals surface area contributed by atoms with E-state index in [0.29, 0.717) is 24.4 Å². The molecule has 2 N–H and O–H groups in total. The molecule has 1 aliphatic rings.